The van der Waals surface area contributed by atoms with Crippen molar-refractivity contribution in [2.75, 3.05) is 11.9 Å². The van der Waals surface area contributed by atoms with Gasteiger partial charge in [0.25, 0.3) is 11.5 Å². The van der Waals surface area contributed by atoms with Crippen LogP contribution in [-0.4, -0.2) is 22.1 Å². The third kappa shape index (κ3) is 1.92. The molecule has 1 aliphatic rings. The van der Waals surface area contributed by atoms with Crippen molar-refractivity contribution >= 4 is 23.2 Å². The Kier molecular flexibility index (Phi) is 3.09. The first-order valence-electron chi connectivity index (χ1n) is 6.77. The van der Waals surface area contributed by atoms with E-state index in [1.54, 1.807) is 25.1 Å². The Morgan fingerprint density at radius 1 is 1.00 bits per heavy atom. The van der Waals surface area contributed by atoms with Crippen LogP contribution >= 0.6 is 0 Å². The maximum absolute atomic E-state index is 12.4. The minimum Gasteiger partial charge on any atom is -0.311 e. The molecule has 22 heavy (non-hydrogen) atoms. The van der Waals surface area contributed by atoms with Gasteiger partial charge in [-0.05, 0) is 12.1 Å². The lowest BCUT2D eigenvalue weighted by atomic mass is 10.1. The summed E-state index contributed by atoms with van der Waals surface area (Å²) in [6, 6.07) is 7.40. The van der Waals surface area contributed by atoms with Crippen LogP contribution in [0.4, 0.5) is 5.69 Å². The lowest BCUT2D eigenvalue weighted by Gasteiger charge is -2.08. The Morgan fingerprint density at radius 3 is 2.41 bits per heavy atom. The summed E-state index contributed by atoms with van der Waals surface area (Å²) in [6.07, 6.45) is 3.00. The van der Waals surface area contributed by atoms with Crippen molar-refractivity contribution in [3.05, 3.63) is 62.4 Å². The van der Waals surface area contributed by atoms with E-state index in [4.69, 9.17) is 0 Å². The smallest absolute Gasteiger partial charge is 0.311 e. The van der Waals surface area contributed by atoms with Crippen LogP contribution < -0.4 is 16.1 Å². The molecule has 0 atom stereocenters. The molecule has 0 saturated heterocycles. The number of likely N-dealkylation sites (N-methyl/N-ethyl adjacent to an activating group) is 1. The highest BCUT2D eigenvalue weighted by atomic mass is 16.2. The molecule has 0 saturated carbocycles. The average Bonchev–Trinajstić information content (AvgIpc) is 2.76. The first-order valence-corrected chi connectivity index (χ1v) is 6.77. The van der Waals surface area contributed by atoms with Gasteiger partial charge >= 0.3 is 5.69 Å². The molecule has 0 fully saturated rings. The average molecular weight is 297 g/mol. The highest BCUT2D eigenvalue weighted by molar-refractivity contribution is 6.35. The number of rotatable bonds is 1. The predicted molar refractivity (Wildman–Crippen MR) is 84.6 cm³/mol. The zero-order valence-electron chi connectivity index (χ0n) is 12.5. The van der Waals surface area contributed by atoms with E-state index in [9.17, 15) is 14.4 Å². The maximum Gasteiger partial charge on any atom is 0.330 e. The maximum atomic E-state index is 12.4. The number of carbonyl (C=O) groups is 1. The molecule has 0 aliphatic carbocycles. The fraction of sp³-hybridized carbons (Fsp3) is 0.188. The van der Waals surface area contributed by atoms with Gasteiger partial charge in [0.05, 0.1) is 16.8 Å². The van der Waals surface area contributed by atoms with E-state index in [2.05, 4.69) is 0 Å². The molecule has 2 heterocycles. The van der Waals surface area contributed by atoms with Crippen LogP contribution in [0.1, 0.15) is 11.1 Å². The summed E-state index contributed by atoms with van der Waals surface area (Å²) in [5.74, 6) is -0.169. The van der Waals surface area contributed by atoms with Gasteiger partial charge < -0.3 is 9.47 Å². The number of hydrogen-bond acceptors (Lipinski definition) is 3. The molecule has 1 amide bonds. The van der Waals surface area contributed by atoms with Crippen molar-refractivity contribution in [2.45, 2.75) is 0 Å². The monoisotopic (exact) mass is 297 g/mol. The summed E-state index contributed by atoms with van der Waals surface area (Å²) < 4.78 is 2.35. The lowest BCUT2D eigenvalue weighted by molar-refractivity contribution is -0.112. The second-order valence-corrected chi connectivity index (χ2v) is 5.28. The summed E-state index contributed by atoms with van der Waals surface area (Å²) >= 11 is 0. The van der Waals surface area contributed by atoms with E-state index in [-0.39, 0.29) is 5.91 Å². The Labute approximate surface area is 126 Å². The van der Waals surface area contributed by atoms with Gasteiger partial charge in [0.2, 0.25) is 0 Å². The van der Waals surface area contributed by atoms with Crippen molar-refractivity contribution in [3.63, 3.8) is 0 Å². The Balaban J connectivity index is 2.25. The summed E-state index contributed by atoms with van der Waals surface area (Å²) in [6.45, 7) is 0. The Bertz CT molecular complexity index is 934. The zero-order valence-corrected chi connectivity index (χ0v) is 12.5. The lowest BCUT2D eigenvalue weighted by Crippen LogP contribution is -2.37. The number of fused-ring (bicyclic) bond motifs is 1. The minimum atomic E-state index is -0.421. The quantitative estimate of drug-likeness (QED) is 0.724. The number of nitrogens with zero attached hydrogens (tertiary/aromatic N) is 3. The molecule has 0 N–H and O–H groups in total. The molecule has 1 aromatic carbocycles. The van der Waals surface area contributed by atoms with Crippen LogP contribution in [0, 0.1) is 0 Å². The van der Waals surface area contributed by atoms with Gasteiger partial charge in [-0.1, -0.05) is 18.2 Å². The number of amides is 1. The van der Waals surface area contributed by atoms with Crippen molar-refractivity contribution in [1.29, 1.82) is 0 Å². The fourth-order valence-electron chi connectivity index (χ4n) is 2.63. The predicted octanol–water partition coefficient (Wildman–Crippen LogP) is 0.601. The van der Waals surface area contributed by atoms with Crippen LogP contribution in [0.5, 0.6) is 0 Å². The van der Waals surface area contributed by atoms with E-state index < -0.39 is 11.2 Å². The fourth-order valence-corrected chi connectivity index (χ4v) is 2.63. The molecule has 6 heteroatoms. The van der Waals surface area contributed by atoms with Crippen molar-refractivity contribution in [2.24, 2.45) is 14.1 Å². The van der Waals surface area contributed by atoms with Crippen molar-refractivity contribution < 1.29 is 4.79 Å². The van der Waals surface area contributed by atoms with Crippen LogP contribution in [0.15, 0.2) is 40.1 Å². The van der Waals surface area contributed by atoms with Crippen LogP contribution in [0.3, 0.4) is 0 Å². The van der Waals surface area contributed by atoms with E-state index in [1.807, 2.05) is 24.3 Å². The van der Waals surface area contributed by atoms with Crippen molar-refractivity contribution in [1.82, 2.24) is 9.13 Å². The van der Waals surface area contributed by atoms with E-state index in [0.717, 1.165) is 15.8 Å². The minimum absolute atomic E-state index is 0.169. The second kappa shape index (κ2) is 4.84. The number of aromatic nitrogens is 2. The third-order valence-electron chi connectivity index (χ3n) is 3.86. The summed E-state index contributed by atoms with van der Waals surface area (Å²) in [7, 11) is 4.68. The number of aryl methyl sites for hydroxylation is 1. The standard InChI is InChI=1S/C16H15N3O3/c1-17-9-10(14(20)19(3)16(17)22)8-12-11-6-4-5-7-13(11)18(2)15(12)21/h4-9H,1-3H3/b12-8-. The SMILES string of the molecule is CN1C(=O)/C(=C\c2cn(C)c(=O)n(C)c2=O)c2ccccc21. The van der Waals surface area contributed by atoms with Crippen LogP contribution in [-0.2, 0) is 18.9 Å². The van der Waals surface area contributed by atoms with E-state index >= 15 is 0 Å². The molecule has 0 radical (unpaired) electrons. The number of para-hydroxylation sites is 1. The Morgan fingerprint density at radius 2 is 1.68 bits per heavy atom. The number of hydrogen-bond donors (Lipinski definition) is 0. The molecular formula is C16H15N3O3. The summed E-state index contributed by atoms with van der Waals surface area (Å²) in [4.78, 5) is 37.9. The van der Waals surface area contributed by atoms with Gasteiger partial charge in [-0.15, -0.1) is 0 Å². The first-order chi connectivity index (χ1) is 10.4. The van der Waals surface area contributed by atoms with Crippen LogP contribution in [0.25, 0.3) is 11.6 Å². The van der Waals surface area contributed by atoms with Crippen LogP contribution in [0.2, 0.25) is 0 Å². The highest BCUT2D eigenvalue weighted by Crippen LogP contribution is 2.35. The molecule has 3 rings (SSSR count). The molecular weight excluding hydrogens is 282 g/mol. The second-order valence-electron chi connectivity index (χ2n) is 5.28. The molecule has 6 nitrogen and oxygen atoms in total. The van der Waals surface area contributed by atoms with Gasteiger partial charge in [-0.3, -0.25) is 14.2 Å². The van der Waals surface area contributed by atoms with Crippen molar-refractivity contribution in [3.8, 4) is 0 Å². The molecule has 1 aromatic heterocycles. The number of benzene rings is 1. The van der Waals surface area contributed by atoms with E-state index in [1.165, 1.54) is 17.8 Å². The molecule has 112 valence electrons. The molecule has 2 aromatic rings. The summed E-state index contributed by atoms with van der Waals surface area (Å²) in [5, 5.41) is 0. The molecule has 0 bridgehead atoms. The first kappa shape index (κ1) is 14.1. The highest BCUT2D eigenvalue weighted by Gasteiger charge is 2.29. The van der Waals surface area contributed by atoms with Gasteiger partial charge in [-0.25, -0.2) is 4.79 Å². The summed E-state index contributed by atoms with van der Waals surface area (Å²) in [5.41, 5.74) is 1.52. The number of carbonyl (C=O) groups excluding carboxylic acids is 1. The Hall–Kier alpha value is -2.89. The normalized spacial score (nSPS) is 15.5. The third-order valence-corrected chi connectivity index (χ3v) is 3.86. The van der Waals surface area contributed by atoms with Gasteiger partial charge in [-0.2, -0.15) is 0 Å². The van der Waals surface area contributed by atoms with Gasteiger partial charge in [0, 0.05) is 32.9 Å². The molecule has 0 spiro atoms. The molecule has 0 unspecified atom stereocenters. The zero-order chi connectivity index (χ0) is 16.0. The van der Waals surface area contributed by atoms with Gasteiger partial charge in [0.1, 0.15) is 0 Å². The van der Waals surface area contributed by atoms with E-state index in [0.29, 0.717) is 11.1 Å². The topological polar surface area (TPSA) is 64.3 Å². The van der Waals surface area contributed by atoms with Gasteiger partial charge in [0.15, 0.2) is 0 Å². The number of anilines is 1. The molecule has 1 aliphatic heterocycles. The largest absolute Gasteiger partial charge is 0.330 e.